The molecule has 0 radical (unpaired) electrons. The molecular formula is C13H14BrNO3S. The first-order valence-corrected chi connectivity index (χ1v) is 8.46. The van der Waals surface area contributed by atoms with Crippen LogP contribution in [-0.4, -0.2) is 33.6 Å². The highest BCUT2D eigenvalue weighted by Crippen LogP contribution is 2.62. The summed E-state index contributed by atoms with van der Waals surface area (Å²) in [4.78, 5) is 0. The summed E-state index contributed by atoms with van der Waals surface area (Å²) in [6, 6.07) is 9.55. The first-order valence-electron chi connectivity index (χ1n) is 5.71. The second-order valence-corrected chi connectivity index (χ2v) is 7.95. The molecule has 0 heterocycles. The van der Waals surface area contributed by atoms with Crippen LogP contribution in [0.5, 0.6) is 0 Å². The van der Waals surface area contributed by atoms with Crippen molar-refractivity contribution >= 4 is 25.8 Å². The van der Waals surface area contributed by atoms with Crippen LogP contribution in [0, 0.1) is 16.7 Å². The van der Waals surface area contributed by atoms with Gasteiger partial charge in [0.25, 0.3) is 0 Å². The van der Waals surface area contributed by atoms with E-state index in [0.717, 1.165) is 10.0 Å². The molecule has 0 saturated heterocycles. The van der Waals surface area contributed by atoms with E-state index < -0.39 is 20.5 Å². The maximum atomic E-state index is 11.9. The van der Waals surface area contributed by atoms with Crippen LogP contribution in [0.25, 0.3) is 0 Å². The van der Waals surface area contributed by atoms with Crippen LogP contribution in [0.15, 0.2) is 28.7 Å². The number of halogens is 1. The summed E-state index contributed by atoms with van der Waals surface area (Å²) in [5.74, 6) is -0.319. The van der Waals surface area contributed by atoms with E-state index in [1.807, 2.05) is 24.3 Å². The third-order valence-corrected chi connectivity index (χ3v) is 5.68. The third-order valence-electron chi connectivity index (χ3n) is 3.54. The molecule has 4 nitrogen and oxygen atoms in total. The van der Waals surface area contributed by atoms with Gasteiger partial charge in [-0.15, -0.1) is 0 Å². The molecule has 0 unspecified atom stereocenters. The van der Waals surface area contributed by atoms with E-state index in [1.165, 1.54) is 13.4 Å². The van der Waals surface area contributed by atoms with Crippen molar-refractivity contribution in [1.29, 1.82) is 5.26 Å². The van der Waals surface area contributed by atoms with Crippen molar-refractivity contribution < 1.29 is 13.2 Å². The monoisotopic (exact) mass is 343 g/mol. The Bertz CT molecular complexity index is 620. The molecule has 1 aromatic carbocycles. The summed E-state index contributed by atoms with van der Waals surface area (Å²) in [6.45, 7) is 0.127. The largest absolute Gasteiger partial charge is 0.383 e. The van der Waals surface area contributed by atoms with E-state index in [9.17, 15) is 13.7 Å². The molecule has 102 valence electrons. The topological polar surface area (TPSA) is 67.2 Å². The number of sulfone groups is 1. The Morgan fingerprint density at radius 3 is 2.42 bits per heavy atom. The van der Waals surface area contributed by atoms with Crippen molar-refractivity contribution in [2.75, 3.05) is 20.0 Å². The lowest BCUT2D eigenvalue weighted by atomic mass is 10.0. The summed E-state index contributed by atoms with van der Waals surface area (Å²) in [5, 5.41) is 8.72. The number of benzene rings is 1. The van der Waals surface area contributed by atoms with E-state index in [-0.39, 0.29) is 12.5 Å². The molecule has 1 saturated carbocycles. The molecule has 0 aromatic heterocycles. The van der Waals surface area contributed by atoms with E-state index in [4.69, 9.17) is 4.74 Å². The zero-order valence-corrected chi connectivity index (χ0v) is 13.0. The fraction of sp³-hybridized carbons (Fsp3) is 0.462. The number of ether oxygens (including phenoxy) is 1. The summed E-state index contributed by atoms with van der Waals surface area (Å²) in [6.07, 6.45) is 1.18. The van der Waals surface area contributed by atoms with Crippen molar-refractivity contribution in [3.05, 3.63) is 34.3 Å². The molecule has 0 bridgehead atoms. The van der Waals surface area contributed by atoms with Crippen molar-refractivity contribution in [1.82, 2.24) is 0 Å². The van der Waals surface area contributed by atoms with Gasteiger partial charge in [0, 0.05) is 23.8 Å². The smallest absolute Gasteiger partial charge is 0.152 e. The fourth-order valence-electron chi connectivity index (χ4n) is 2.75. The van der Waals surface area contributed by atoms with Gasteiger partial charge in [-0.2, -0.15) is 5.26 Å². The van der Waals surface area contributed by atoms with Crippen molar-refractivity contribution in [2.24, 2.45) is 5.41 Å². The summed E-state index contributed by atoms with van der Waals surface area (Å²) >= 11 is 3.34. The Kier molecular flexibility index (Phi) is 3.74. The Labute approximate surface area is 121 Å². The van der Waals surface area contributed by atoms with Gasteiger partial charge in [-0.1, -0.05) is 28.1 Å². The number of hydrogen-bond acceptors (Lipinski definition) is 4. The van der Waals surface area contributed by atoms with Gasteiger partial charge in [-0.25, -0.2) is 8.42 Å². The standard InChI is InChI=1S/C13H14BrNO3S/c1-18-8-13(7-15)11(12(13)19(2,16)17)9-3-5-10(14)6-4-9/h3-6,11-12H,8H2,1-2H3/t11-,12-,13+/m0/s1. The van der Waals surface area contributed by atoms with Crippen LogP contribution in [0.3, 0.4) is 0 Å². The van der Waals surface area contributed by atoms with Gasteiger partial charge < -0.3 is 4.74 Å². The molecule has 1 aromatic rings. The van der Waals surface area contributed by atoms with Gasteiger partial charge in [-0.05, 0) is 17.7 Å². The van der Waals surface area contributed by atoms with Crippen LogP contribution in [0.4, 0.5) is 0 Å². The molecule has 0 N–H and O–H groups in total. The molecule has 2 rings (SSSR count). The second kappa shape index (κ2) is 4.89. The Balaban J connectivity index is 2.44. The van der Waals surface area contributed by atoms with Crippen molar-refractivity contribution in [2.45, 2.75) is 11.2 Å². The highest BCUT2D eigenvalue weighted by molar-refractivity contribution is 9.10. The van der Waals surface area contributed by atoms with Crippen LogP contribution < -0.4 is 0 Å². The molecule has 0 amide bonds. The van der Waals surface area contributed by atoms with Crippen LogP contribution in [0.2, 0.25) is 0 Å². The SMILES string of the molecule is COC[C@]1(C#N)[C@@H](c2ccc(Br)cc2)[C@@H]1S(C)(=O)=O. The fourth-order valence-corrected chi connectivity index (χ4v) is 4.86. The maximum Gasteiger partial charge on any atom is 0.152 e. The number of rotatable bonds is 4. The van der Waals surface area contributed by atoms with E-state index in [0.29, 0.717) is 0 Å². The van der Waals surface area contributed by atoms with Crippen LogP contribution in [-0.2, 0) is 14.6 Å². The highest BCUT2D eigenvalue weighted by atomic mass is 79.9. The Hall–Kier alpha value is -0.900. The number of hydrogen-bond donors (Lipinski definition) is 0. The van der Waals surface area contributed by atoms with Gasteiger partial charge in [0.05, 0.1) is 17.9 Å². The average molecular weight is 344 g/mol. The van der Waals surface area contributed by atoms with E-state index >= 15 is 0 Å². The van der Waals surface area contributed by atoms with Gasteiger partial charge in [0.2, 0.25) is 0 Å². The molecule has 0 spiro atoms. The first kappa shape index (κ1) is 14.5. The minimum atomic E-state index is -3.29. The second-order valence-electron chi connectivity index (χ2n) is 4.86. The summed E-state index contributed by atoms with van der Waals surface area (Å²) in [7, 11) is -1.81. The van der Waals surface area contributed by atoms with Gasteiger partial charge >= 0.3 is 0 Å². The normalized spacial score (nSPS) is 29.8. The Morgan fingerprint density at radius 1 is 1.42 bits per heavy atom. The molecular weight excluding hydrogens is 330 g/mol. The van der Waals surface area contributed by atoms with Crippen LogP contribution in [0.1, 0.15) is 11.5 Å². The lowest BCUT2D eigenvalue weighted by Gasteiger charge is -2.06. The quantitative estimate of drug-likeness (QED) is 0.839. The first-order chi connectivity index (χ1) is 8.86. The predicted octanol–water partition coefficient (Wildman–Crippen LogP) is 2.12. The zero-order valence-electron chi connectivity index (χ0n) is 10.6. The number of nitrogens with zero attached hydrogens (tertiary/aromatic N) is 1. The lowest BCUT2D eigenvalue weighted by molar-refractivity contribution is 0.162. The molecule has 6 heteroatoms. The maximum absolute atomic E-state index is 11.9. The number of methoxy groups -OCH3 is 1. The van der Waals surface area contributed by atoms with Gasteiger partial charge in [0.15, 0.2) is 9.84 Å². The highest BCUT2D eigenvalue weighted by Gasteiger charge is 2.71. The molecule has 1 fully saturated rings. The number of nitriles is 1. The summed E-state index contributed by atoms with van der Waals surface area (Å²) < 4.78 is 29.7. The van der Waals surface area contributed by atoms with Crippen molar-refractivity contribution in [3.63, 3.8) is 0 Å². The Morgan fingerprint density at radius 2 is 2.00 bits per heavy atom. The average Bonchev–Trinajstić information content (AvgIpc) is 3.00. The summed E-state index contributed by atoms with van der Waals surface area (Å²) in [5.41, 5.74) is -0.104. The van der Waals surface area contributed by atoms with Crippen LogP contribution >= 0.6 is 15.9 Å². The van der Waals surface area contributed by atoms with E-state index in [1.54, 1.807) is 0 Å². The zero-order chi connectivity index (χ0) is 14.3. The molecule has 19 heavy (non-hydrogen) atoms. The third kappa shape index (κ3) is 2.42. The van der Waals surface area contributed by atoms with Crippen molar-refractivity contribution in [3.8, 4) is 6.07 Å². The van der Waals surface area contributed by atoms with E-state index in [2.05, 4.69) is 22.0 Å². The minimum Gasteiger partial charge on any atom is -0.383 e. The van der Waals surface area contributed by atoms with Gasteiger partial charge in [0.1, 0.15) is 5.41 Å². The lowest BCUT2D eigenvalue weighted by Crippen LogP contribution is -2.17. The molecule has 1 aliphatic carbocycles. The molecule has 3 atom stereocenters. The minimum absolute atomic E-state index is 0.127. The predicted molar refractivity (Wildman–Crippen MR) is 75.4 cm³/mol. The molecule has 1 aliphatic rings. The van der Waals surface area contributed by atoms with Gasteiger partial charge in [-0.3, -0.25) is 0 Å². The molecule has 0 aliphatic heterocycles.